The van der Waals surface area contributed by atoms with E-state index < -0.39 is 0 Å². The number of benzene rings is 4. The third-order valence-electron chi connectivity index (χ3n) is 6.17. The van der Waals surface area contributed by atoms with Crippen molar-refractivity contribution >= 4 is 23.4 Å². The van der Waals surface area contributed by atoms with Crippen molar-refractivity contribution in [1.82, 2.24) is 14.8 Å². The van der Waals surface area contributed by atoms with Crippen LogP contribution in [0.4, 0.5) is 5.69 Å². The topological polar surface area (TPSA) is 78.3 Å². The van der Waals surface area contributed by atoms with E-state index in [2.05, 4.69) is 32.2 Å². The van der Waals surface area contributed by atoms with Gasteiger partial charge in [-0.25, -0.2) is 0 Å². The van der Waals surface area contributed by atoms with E-state index >= 15 is 0 Å². The summed E-state index contributed by atoms with van der Waals surface area (Å²) in [4.78, 5) is 12.7. The van der Waals surface area contributed by atoms with Crippen molar-refractivity contribution in [2.75, 3.05) is 19.5 Å². The maximum atomic E-state index is 12.7. The van der Waals surface area contributed by atoms with Gasteiger partial charge in [0.25, 0.3) is 5.91 Å². The van der Waals surface area contributed by atoms with Crippen LogP contribution < -0.4 is 14.8 Å². The number of anilines is 1. The Morgan fingerprint density at radius 1 is 0.769 bits per heavy atom. The quantitative estimate of drug-likeness (QED) is 0.208. The van der Waals surface area contributed by atoms with Crippen molar-refractivity contribution in [3.05, 3.63) is 126 Å². The highest BCUT2D eigenvalue weighted by molar-refractivity contribution is 7.98. The fourth-order valence-electron chi connectivity index (χ4n) is 4.06. The lowest BCUT2D eigenvalue weighted by Gasteiger charge is -2.11. The van der Waals surface area contributed by atoms with E-state index in [1.54, 1.807) is 26.0 Å². The van der Waals surface area contributed by atoms with Crippen LogP contribution in [0.3, 0.4) is 0 Å². The van der Waals surface area contributed by atoms with Crippen molar-refractivity contribution in [3.63, 3.8) is 0 Å². The summed E-state index contributed by atoms with van der Waals surface area (Å²) in [5.41, 5.74) is 4.52. The van der Waals surface area contributed by atoms with E-state index in [0.29, 0.717) is 23.4 Å². The number of aromatic nitrogens is 3. The molecule has 7 nitrogen and oxygen atoms in total. The Bertz CT molecular complexity index is 1520. The van der Waals surface area contributed by atoms with Gasteiger partial charge in [-0.2, -0.15) is 0 Å². The molecular formula is C31H28N4O3S. The van der Waals surface area contributed by atoms with Gasteiger partial charge in [-0.05, 0) is 71.8 Å². The monoisotopic (exact) mass is 536 g/mol. The molecule has 0 atom stereocenters. The molecule has 196 valence electrons. The van der Waals surface area contributed by atoms with Crippen LogP contribution in [0.15, 0.2) is 108 Å². The molecule has 1 aromatic heterocycles. The van der Waals surface area contributed by atoms with Gasteiger partial charge in [-0.15, -0.1) is 10.2 Å². The Morgan fingerprint density at radius 2 is 1.41 bits per heavy atom. The van der Waals surface area contributed by atoms with Gasteiger partial charge in [0, 0.05) is 29.1 Å². The Labute approximate surface area is 231 Å². The second kappa shape index (κ2) is 12.3. The molecule has 8 heteroatoms. The Morgan fingerprint density at radius 3 is 2.05 bits per heavy atom. The molecule has 1 N–H and O–H groups in total. The van der Waals surface area contributed by atoms with E-state index in [0.717, 1.165) is 33.7 Å². The number of carbonyl (C=O) groups excluding carboxylic acids is 1. The average molecular weight is 537 g/mol. The Kier molecular flexibility index (Phi) is 8.23. The molecule has 1 amide bonds. The minimum Gasteiger partial charge on any atom is -0.497 e. The van der Waals surface area contributed by atoms with Crippen molar-refractivity contribution in [2.24, 2.45) is 0 Å². The van der Waals surface area contributed by atoms with Crippen LogP contribution in [-0.4, -0.2) is 34.9 Å². The van der Waals surface area contributed by atoms with Gasteiger partial charge in [0.2, 0.25) is 0 Å². The predicted molar refractivity (Wildman–Crippen MR) is 154 cm³/mol. The summed E-state index contributed by atoms with van der Waals surface area (Å²) < 4.78 is 12.6. The summed E-state index contributed by atoms with van der Waals surface area (Å²) in [6.45, 7) is 0. The molecule has 1 heterocycles. The Balaban J connectivity index is 1.30. The standard InChI is InChI=1S/C31H28N4O3S/c1-37-27-16-12-25(13-17-27)32-30(36)24-10-8-23(9-11-24)21-39-31-34-33-29(20-22-6-4-3-5-7-22)35(31)26-14-18-28(38-2)19-15-26/h3-19H,20-21H2,1-2H3,(H,32,36). The van der Waals surface area contributed by atoms with Gasteiger partial charge < -0.3 is 14.8 Å². The highest BCUT2D eigenvalue weighted by atomic mass is 32.2. The molecule has 0 bridgehead atoms. The highest BCUT2D eigenvalue weighted by Gasteiger charge is 2.16. The van der Waals surface area contributed by atoms with Crippen molar-refractivity contribution in [3.8, 4) is 17.2 Å². The van der Waals surface area contributed by atoms with Crippen LogP contribution in [0.25, 0.3) is 5.69 Å². The number of amides is 1. The second-order valence-corrected chi connectivity index (χ2v) is 9.71. The van der Waals surface area contributed by atoms with Crippen LogP contribution in [-0.2, 0) is 12.2 Å². The molecule has 39 heavy (non-hydrogen) atoms. The van der Waals surface area contributed by atoms with Crippen LogP contribution in [0.1, 0.15) is 27.3 Å². The minimum absolute atomic E-state index is 0.163. The lowest BCUT2D eigenvalue weighted by molar-refractivity contribution is 0.102. The zero-order valence-electron chi connectivity index (χ0n) is 21.7. The first-order chi connectivity index (χ1) is 19.1. The number of nitrogens with one attached hydrogen (secondary N) is 1. The largest absolute Gasteiger partial charge is 0.497 e. The SMILES string of the molecule is COc1ccc(NC(=O)c2ccc(CSc3nnc(Cc4ccccc4)n3-c3ccc(OC)cc3)cc2)cc1. The van der Waals surface area contributed by atoms with Crippen LogP contribution >= 0.6 is 11.8 Å². The number of carbonyl (C=O) groups is 1. The third-order valence-corrected chi connectivity index (χ3v) is 7.17. The number of thioether (sulfide) groups is 1. The normalized spacial score (nSPS) is 10.7. The zero-order valence-corrected chi connectivity index (χ0v) is 22.5. The van der Waals surface area contributed by atoms with Crippen LogP contribution in [0.5, 0.6) is 11.5 Å². The first kappa shape index (κ1) is 26.1. The number of hydrogen-bond acceptors (Lipinski definition) is 6. The van der Waals surface area contributed by atoms with Gasteiger partial charge in [0.05, 0.1) is 14.2 Å². The van der Waals surface area contributed by atoms with Crippen molar-refractivity contribution in [1.29, 1.82) is 0 Å². The minimum atomic E-state index is -0.163. The number of methoxy groups -OCH3 is 2. The summed E-state index contributed by atoms with van der Waals surface area (Å²) in [6, 6.07) is 33.0. The van der Waals surface area contributed by atoms with Crippen molar-refractivity contribution in [2.45, 2.75) is 17.3 Å². The zero-order chi connectivity index (χ0) is 27.0. The third kappa shape index (κ3) is 6.48. The van der Waals surface area contributed by atoms with Gasteiger partial charge in [-0.3, -0.25) is 9.36 Å². The molecule has 4 aromatic carbocycles. The molecule has 0 aliphatic carbocycles. The summed E-state index contributed by atoms with van der Waals surface area (Å²) in [5, 5.41) is 12.8. The summed E-state index contributed by atoms with van der Waals surface area (Å²) in [7, 11) is 3.27. The van der Waals surface area contributed by atoms with Gasteiger partial charge in [0.15, 0.2) is 5.16 Å². The van der Waals surface area contributed by atoms with Gasteiger partial charge >= 0.3 is 0 Å². The average Bonchev–Trinajstić information content (AvgIpc) is 3.39. The second-order valence-electron chi connectivity index (χ2n) is 8.76. The fourth-order valence-corrected chi connectivity index (χ4v) is 4.98. The molecule has 0 aliphatic heterocycles. The first-order valence-corrected chi connectivity index (χ1v) is 13.4. The number of rotatable bonds is 10. The molecular weight excluding hydrogens is 508 g/mol. The number of hydrogen-bond donors (Lipinski definition) is 1. The maximum absolute atomic E-state index is 12.7. The molecule has 0 saturated carbocycles. The molecule has 0 saturated heterocycles. The molecule has 0 radical (unpaired) electrons. The number of ether oxygens (including phenoxy) is 2. The van der Waals surface area contributed by atoms with E-state index in [-0.39, 0.29) is 5.91 Å². The van der Waals surface area contributed by atoms with Crippen LogP contribution in [0.2, 0.25) is 0 Å². The molecule has 0 spiro atoms. The highest BCUT2D eigenvalue weighted by Crippen LogP contribution is 2.27. The summed E-state index contributed by atoms with van der Waals surface area (Å²) in [6.07, 6.45) is 0.665. The predicted octanol–water partition coefficient (Wildman–Crippen LogP) is 6.42. The van der Waals surface area contributed by atoms with E-state index in [1.165, 1.54) is 5.56 Å². The molecule has 5 rings (SSSR count). The maximum Gasteiger partial charge on any atom is 0.255 e. The molecule has 0 fully saturated rings. The van der Waals surface area contributed by atoms with Crippen LogP contribution in [0, 0.1) is 0 Å². The molecule has 0 unspecified atom stereocenters. The lowest BCUT2D eigenvalue weighted by Crippen LogP contribution is -2.11. The fraction of sp³-hybridized carbons (Fsp3) is 0.129. The van der Waals surface area contributed by atoms with E-state index in [4.69, 9.17) is 9.47 Å². The van der Waals surface area contributed by atoms with E-state index in [9.17, 15) is 4.79 Å². The Hall–Kier alpha value is -4.56. The van der Waals surface area contributed by atoms with E-state index in [1.807, 2.05) is 91.0 Å². The molecule has 0 aliphatic rings. The summed E-state index contributed by atoms with van der Waals surface area (Å²) >= 11 is 1.60. The van der Waals surface area contributed by atoms with Gasteiger partial charge in [0.1, 0.15) is 17.3 Å². The van der Waals surface area contributed by atoms with Crippen molar-refractivity contribution < 1.29 is 14.3 Å². The summed E-state index contributed by atoms with van der Waals surface area (Å²) in [5.74, 6) is 2.91. The van der Waals surface area contributed by atoms with Gasteiger partial charge in [-0.1, -0.05) is 54.2 Å². The molecule has 5 aromatic rings. The smallest absolute Gasteiger partial charge is 0.255 e. The number of nitrogens with zero attached hydrogens (tertiary/aromatic N) is 3. The lowest BCUT2D eigenvalue weighted by atomic mass is 10.1. The first-order valence-electron chi connectivity index (χ1n) is 12.4.